The highest BCUT2D eigenvalue weighted by molar-refractivity contribution is 7.22. The van der Waals surface area contributed by atoms with Gasteiger partial charge in [0.1, 0.15) is 5.76 Å². The molecular formula is C23H21N3O3S. The molecule has 1 unspecified atom stereocenters. The molecule has 6 nitrogen and oxygen atoms in total. The summed E-state index contributed by atoms with van der Waals surface area (Å²) in [5, 5.41) is 0.653. The van der Waals surface area contributed by atoms with Crippen LogP contribution in [0.2, 0.25) is 0 Å². The van der Waals surface area contributed by atoms with E-state index in [1.807, 2.05) is 54.6 Å². The van der Waals surface area contributed by atoms with Gasteiger partial charge in [-0.1, -0.05) is 41.7 Å². The van der Waals surface area contributed by atoms with Crippen molar-refractivity contribution in [3.8, 4) is 11.5 Å². The Morgan fingerprint density at radius 1 is 1.13 bits per heavy atom. The summed E-state index contributed by atoms with van der Waals surface area (Å²) in [5.74, 6) is 0.725. The summed E-state index contributed by atoms with van der Waals surface area (Å²) in [7, 11) is 0. The molecule has 0 aliphatic carbocycles. The van der Waals surface area contributed by atoms with E-state index >= 15 is 0 Å². The number of carbonyl (C=O) groups excluding carboxylic acids is 1. The van der Waals surface area contributed by atoms with Crippen LogP contribution in [0.5, 0.6) is 0 Å². The van der Waals surface area contributed by atoms with Gasteiger partial charge in [-0.05, 0) is 44.0 Å². The van der Waals surface area contributed by atoms with Crippen molar-refractivity contribution in [3.05, 3.63) is 66.1 Å². The third kappa shape index (κ3) is 3.62. The van der Waals surface area contributed by atoms with Crippen LogP contribution in [0, 0.1) is 6.92 Å². The Morgan fingerprint density at radius 3 is 2.70 bits per heavy atom. The van der Waals surface area contributed by atoms with Crippen LogP contribution in [0.1, 0.15) is 29.1 Å². The van der Waals surface area contributed by atoms with Crippen LogP contribution < -0.4 is 4.90 Å². The lowest BCUT2D eigenvalue weighted by Crippen LogP contribution is -2.38. The van der Waals surface area contributed by atoms with Gasteiger partial charge in [-0.2, -0.15) is 0 Å². The van der Waals surface area contributed by atoms with Gasteiger partial charge in [0.2, 0.25) is 5.89 Å². The van der Waals surface area contributed by atoms with Crippen LogP contribution >= 0.6 is 11.3 Å². The molecule has 1 aliphatic rings. The highest BCUT2D eigenvalue weighted by Gasteiger charge is 2.30. The Hall–Kier alpha value is -3.03. The number of ether oxygens (including phenoxy) is 1. The summed E-state index contributed by atoms with van der Waals surface area (Å²) in [6.07, 6.45) is 1.94. The Bertz CT molecular complexity index is 1150. The van der Waals surface area contributed by atoms with E-state index in [-0.39, 0.29) is 12.0 Å². The van der Waals surface area contributed by atoms with Crippen LogP contribution in [-0.4, -0.2) is 35.1 Å². The highest BCUT2D eigenvalue weighted by Crippen LogP contribution is 2.31. The van der Waals surface area contributed by atoms with Crippen LogP contribution in [0.4, 0.5) is 5.13 Å². The molecule has 30 heavy (non-hydrogen) atoms. The quantitative estimate of drug-likeness (QED) is 0.451. The zero-order valence-corrected chi connectivity index (χ0v) is 17.4. The van der Waals surface area contributed by atoms with Crippen LogP contribution in [0.25, 0.3) is 21.7 Å². The van der Waals surface area contributed by atoms with E-state index in [1.165, 1.54) is 11.3 Å². The van der Waals surface area contributed by atoms with Crippen molar-refractivity contribution in [2.75, 3.05) is 18.1 Å². The van der Waals surface area contributed by atoms with Crippen LogP contribution in [0.15, 0.2) is 59.0 Å². The van der Waals surface area contributed by atoms with Gasteiger partial charge < -0.3 is 9.15 Å². The number of hydrogen-bond acceptors (Lipinski definition) is 6. The largest absolute Gasteiger partial charge is 0.441 e. The number of oxazole rings is 1. The molecule has 1 saturated heterocycles. The molecule has 2 aromatic carbocycles. The van der Waals surface area contributed by atoms with Crippen molar-refractivity contribution in [2.45, 2.75) is 25.9 Å². The van der Waals surface area contributed by atoms with E-state index in [1.54, 1.807) is 11.8 Å². The van der Waals surface area contributed by atoms with Gasteiger partial charge in [-0.3, -0.25) is 9.69 Å². The van der Waals surface area contributed by atoms with E-state index in [0.29, 0.717) is 29.0 Å². The number of para-hydroxylation sites is 1. The Morgan fingerprint density at radius 2 is 1.93 bits per heavy atom. The molecule has 0 saturated carbocycles. The number of amides is 1. The molecule has 152 valence electrons. The highest BCUT2D eigenvalue weighted by atomic mass is 32.1. The first kappa shape index (κ1) is 19.0. The molecule has 2 aromatic heterocycles. The van der Waals surface area contributed by atoms with Gasteiger partial charge in [-0.15, -0.1) is 0 Å². The Labute approximate surface area is 178 Å². The molecule has 1 aliphatic heterocycles. The van der Waals surface area contributed by atoms with Crippen molar-refractivity contribution in [1.82, 2.24) is 9.97 Å². The lowest BCUT2D eigenvalue weighted by atomic mass is 10.2. The first-order chi connectivity index (χ1) is 14.7. The second kappa shape index (κ2) is 8.01. The smallest absolute Gasteiger partial charge is 0.282 e. The Balaban J connectivity index is 1.52. The molecule has 3 heterocycles. The average molecular weight is 420 g/mol. The van der Waals surface area contributed by atoms with Crippen LogP contribution in [0.3, 0.4) is 0 Å². The predicted octanol–water partition coefficient (Wildman–Crippen LogP) is 5.09. The van der Waals surface area contributed by atoms with Gasteiger partial charge in [0.25, 0.3) is 5.91 Å². The Kier molecular flexibility index (Phi) is 5.06. The number of nitrogens with zero attached hydrogens (tertiary/aromatic N) is 3. The van der Waals surface area contributed by atoms with E-state index in [0.717, 1.165) is 35.2 Å². The summed E-state index contributed by atoms with van der Waals surface area (Å²) in [5.41, 5.74) is 2.03. The number of thiazole rings is 1. The molecule has 1 fully saturated rings. The predicted molar refractivity (Wildman–Crippen MR) is 117 cm³/mol. The number of aromatic nitrogens is 2. The number of hydrogen-bond donors (Lipinski definition) is 0. The molecule has 5 rings (SSSR count). The molecule has 7 heteroatoms. The van der Waals surface area contributed by atoms with Crippen molar-refractivity contribution >= 4 is 32.6 Å². The van der Waals surface area contributed by atoms with E-state index in [4.69, 9.17) is 14.1 Å². The first-order valence-corrected chi connectivity index (χ1v) is 10.8. The summed E-state index contributed by atoms with van der Waals surface area (Å²) in [6, 6.07) is 17.5. The topological polar surface area (TPSA) is 68.5 Å². The van der Waals surface area contributed by atoms with Crippen molar-refractivity contribution in [1.29, 1.82) is 0 Å². The molecule has 1 atom stereocenters. The molecule has 0 bridgehead atoms. The SMILES string of the molecule is Cc1oc(-c2ccccc2)nc1C(=O)N(CC1CCCO1)c1nc2ccccc2s1. The second-order valence-electron chi connectivity index (χ2n) is 7.30. The molecule has 0 spiro atoms. The number of fused-ring (bicyclic) bond motifs is 1. The third-order valence-corrected chi connectivity index (χ3v) is 6.25. The van der Waals surface area contributed by atoms with E-state index in [9.17, 15) is 4.79 Å². The van der Waals surface area contributed by atoms with Gasteiger partial charge >= 0.3 is 0 Å². The normalized spacial score (nSPS) is 16.2. The minimum absolute atomic E-state index is 0.00163. The molecule has 0 N–H and O–H groups in total. The van der Waals surface area contributed by atoms with Crippen LogP contribution in [-0.2, 0) is 4.74 Å². The third-order valence-electron chi connectivity index (χ3n) is 5.19. The molecular weight excluding hydrogens is 398 g/mol. The van der Waals surface area contributed by atoms with E-state index < -0.39 is 0 Å². The fourth-order valence-electron chi connectivity index (χ4n) is 3.64. The summed E-state index contributed by atoms with van der Waals surface area (Å²) in [4.78, 5) is 24.5. The summed E-state index contributed by atoms with van der Waals surface area (Å²) >= 11 is 1.50. The molecule has 4 aromatic rings. The first-order valence-electron chi connectivity index (χ1n) is 10.0. The average Bonchev–Trinajstić information content (AvgIpc) is 3.51. The van der Waals surface area contributed by atoms with Crippen molar-refractivity contribution in [2.24, 2.45) is 0 Å². The number of carbonyl (C=O) groups is 1. The fourth-order valence-corrected chi connectivity index (χ4v) is 4.62. The maximum atomic E-state index is 13.6. The number of anilines is 1. The minimum Gasteiger partial charge on any atom is -0.441 e. The minimum atomic E-state index is -0.215. The maximum absolute atomic E-state index is 13.6. The zero-order chi connectivity index (χ0) is 20.5. The van der Waals surface area contributed by atoms with Crippen molar-refractivity contribution < 1.29 is 13.9 Å². The van der Waals surface area contributed by atoms with Gasteiger partial charge in [0.15, 0.2) is 10.8 Å². The maximum Gasteiger partial charge on any atom is 0.282 e. The lowest BCUT2D eigenvalue weighted by molar-refractivity contribution is 0.0912. The standard InChI is InChI=1S/C23H21N3O3S/c1-15-20(25-21(29-15)16-8-3-2-4-9-16)22(27)26(14-17-10-7-13-28-17)23-24-18-11-5-6-12-19(18)30-23/h2-6,8-9,11-12,17H,7,10,13-14H2,1H3. The lowest BCUT2D eigenvalue weighted by Gasteiger charge is -2.22. The van der Waals surface area contributed by atoms with E-state index in [2.05, 4.69) is 4.98 Å². The van der Waals surface area contributed by atoms with Crippen molar-refractivity contribution in [3.63, 3.8) is 0 Å². The summed E-state index contributed by atoms with van der Waals surface area (Å²) in [6.45, 7) is 2.95. The number of benzene rings is 2. The zero-order valence-electron chi connectivity index (χ0n) is 16.6. The molecule has 1 amide bonds. The second-order valence-corrected chi connectivity index (χ2v) is 8.31. The number of aryl methyl sites for hydroxylation is 1. The molecule has 0 radical (unpaired) electrons. The number of rotatable bonds is 5. The van der Waals surface area contributed by atoms with Gasteiger partial charge in [0, 0.05) is 12.2 Å². The summed E-state index contributed by atoms with van der Waals surface area (Å²) < 4.78 is 12.7. The monoisotopic (exact) mass is 419 g/mol. The van der Waals surface area contributed by atoms with Gasteiger partial charge in [0.05, 0.1) is 22.9 Å². The fraction of sp³-hybridized carbons (Fsp3) is 0.261. The van der Waals surface area contributed by atoms with Gasteiger partial charge in [-0.25, -0.2) is 9.97 Å².